The van der Waals surface area contributed by atoms with Gasteiger partial charge in [-0.15, -0.1) is 0 Å². The van der Waals surface area contributed by atoms with Crippen LogP contribution >= 0.6 is 0 Å². The number of benzene rings is 2. The number of amides is 1. The molecule has 23 heavy (non-hydrogen) atoms. The molecule has 1 atom stereocenters. The fourth-order valence-corrected chi connectivity index (χ4v) is 3.55. The van der Waals surface area contributed by atoms with Crippen molar-refractivity contribution < 1.29 is 4.79 Å². The first-order valence-corrected chi connectivity index (χ1v) is 8.12. The van der Waals surface area contributed by atoms with Crippen molar-refractivity contribution in [3.8, 4) is 0 Å². The Balaban J connectivity index is 1.46. The van der Waals surface area contributed by atoms with Crippen LogP contribution in [0.5, 0.6) is 0 Å². The summed E-state index contributed by atoms with van der Waals surface area (Å²) in [5.41, 5.74) is 6.18. The third kappa shape index (κ3) is 2.74. The lowest BCUT2D eigenvalue weighted by molar-refractivity contribution is -0.121. The number of hydrogen-bond donors (Lipinski definition) is 2. The zero-order valence-corrected chi connectivity index (χ0v) is 13.2. The zero-order valence-electron chi connectivity index (χ0n) is 13.2. The summed E-state index contributed by atoms with van der Waals surface area (Å²) >= 11 is 0. The van der Waals surface area contributed by atoms with E-state index in [-0.39, 0.29) is 11.9 Å². The van der Waals surface area contributed by atoms with Crippen molar-refractivity contribution in [1.82, 2.24) is 10.3 Å². The number of carbonyl (C=O) groups excluding carboxylic acids is 1. The van der Waals surface area contributed by atoms with Gasteiger partial charge in [0.25, 0.3) is 0 Å². The van der Waals surface area contributed by atoms with Crippen LogP contribution in [-0.2, 0) is 24.1 Å². The van der Waals surface area contributed by atoms with E-state index in [1.807, 2.05) is 30.3 Å². The Morgan fingerprint density at radius 3 is 2.83 bits per heavy atom. The number of H-pyrrole nitrogens is 1. The average molecular weight is 304 g/mol. The molecule has 3 aromatic rings. The summed E-state index contributed by atoms with van der Waals surface area (Å²) in [5.74, 6) is 0.104. The quantitative estimate of drug-likeness (QED) is 0.766. The summed E-state index contributed by atoms with van der Waals surface area (Å²) in [6.07, 6.45) is 2.26. The van der Waals surface area contributed by atoms with E-state index in [4.69, 9.17) is 0 Å². The topological polar surface area (TPSA) is 44.9 Å². The number of rotatable bonds is 3. The van der Waals surface area contributed by atoms with Gasteiger partial charge >= 0.3 is 0 Å². The van der Waals surface area contributed by atoms with Crippen LogP contribution < -0.4 is 5.32 Å². The predicted molar refractivity (Wildman–Crippen MR) is 92.5 cm³/mol. The molecule has 1 aliphatic rings. The van der Waals surface area contributed by atoms with Crippen molar-refractivity contribution in [2.24, 2.45) is 0 Å². The molecule has 0 spiro atoms. The van der Waals surface area contributed by atoms with Crippen LogP contribution in [0.1, 0.15) is 22.4 Å². The highest BCUT2D eigenvalue weighted by Crippen LogP contribution is 2.30. The Bertz CT molecular complexity index is 864. The van der Waals surface area contributed by atoms with Crippen LogP contribution in [0.2, 0.25) is 0 Å². The molecule has 0 fully saturated rings. The molecule has 116 valence electrons. The fraction of sp³-hybridized carbons (Fsp3) is 0.250. The number of hydrogen-bond acceptors (Lipinski definition) is 1. The summed E-state index contributed by atoms with van der Waals surface area (Å²) in [5, 5.41) is 4.49. The van der Waals surface area contributed by atoms with Crippen molar-refractivity contribution in [2.45, 2.75) is 32.2 Å². The Morgan fingerprint density at radius 1 is 1.17 bits per heavy atom. The molecule has 2 aromatic carbocycles. The van der Waals surface area contributed by atoms with Gasteiger partial charge in [0.15, 0.2) is 0 Å². The number of nitrogens with one attached hydrogen (secondary N) is 2. The maximum atomic E-state index is 12.2. The van der Waals surface area contributed by atoms with E-state index in [9.17, 15) is 4.79 Å². The van der Waals surface area contributed by atoms with Gasteiger partial charge in [-0.2, -0.15) is 0 Å². The molecule has 0 bridgehead atoms. The number of aromatic nitrogens is 1. The summed E-state index contributed by atoms with van der Waals surface area (Å²) in [4.78, 5) is 15.7. The van der Waals surface area contributed by atoms with Crippen LogP contribution in [-0.4, -0.2) is 16.9 Å². The van der Waals surface area contributed by atoms with Gasteiger partial charge in [0.1, 0.15) is 0 Å². The van der Waals surface area contributed by atoms with Crippen LogP contribution in [0, 0.1) is 6.92 Å². The molecule has 0 radical (unpaired) electrons. The lowest BCUT2D eigenvalue weighted by atomic mass is 10.1. The van der Waals surface area contributed by atoms with Crippen molar-refractivity contribution in [2.75, 3.05) is 0 Å². The van der Waals surface area contributed by atoms with Crippen LogP contribution in [0.3, 0.4) is 0 Å². The van der Waals surface area contributed by atoms with Crippen LogP contribution in [0.15, 0.2) is 48.5 Å². The summed E-state index contributed by atoms with van der Waals surface area (Å²) in [7, 11) is 0. The molecule has 1 aliphatic carbocycles. The van der Waals surface area contributed by atoms with Crippen molar-refractivity contribution >= 4 is 16.8 Å². The van der Waals surface area contributed by atoms with Crippen molar-refractivity contribution in [3.05, 3.63) is 70.9 Å². The van der Waals surface area contributed by atoms with E-state index in [1.165, 1.54) is 27.7 Å². The van der Waals surface area contributed by atoms with E-state index < -0.39 is 0 Å². The first kappa shape index (κ1) is 14.1. The SMILES string of the molecule is Cc1ccc2[nH]c3c(c2c1)CC(NC(=O)Cc1ccccc1)C3. The van der Waals surface area contributed by atoms with Gasteiger partial charge in [-0.05, 0) is 36.6 Å². The van der Waals surface area contributed by atoms with Gasteiger partial charge in [-0.1, -0.05) is 42.0 Å². The molecule has 1 aromatic heterocycles. The first-order chi connectivity index (χ1) is 11.2. The van der Waals surface area contributed by atoms with Gasteiger partial charge < -0.3 is 10.3 Å². The maximum Gasteiger partial charge on any atom is 0.224 e. The number of carbonyl (C=O) groups is 1. The maximum absolute atomic E-state index is 12.2. The molecular formula is C20H20N2O. The summed E-state index contributed by atoms with van der Waals surface area (Å²) < 4.78 is 0. The van der Waals surface area contributed by atoms with E-state index in [0.717, 1.165) is 18.4 Å². The predicted octanol–water partition coefficient (Wildman–Crippen LogP) is 3.30. The lowest BCUT2D eigenvalue weighted by Gasteiger charge is -2.12. The molecule has 3 nitrogen and oxygen atoms in total. The minimum Gasteiger partial charge on any atom is -0.358 e. The minimum atomic E-state index is 0.104. The number of aromatic amines is 1. The molecule has 1 unspecified atom stereocenters. The Labute approximate surface area is 135 Å². The Kier molecular flexibility index (Phi) is 3.41. The normalized spacial score (nSPS) is 16.5. The fourth-order valence-electron chi connectivity index (χ4n) is 3.55. The highest BCUT2D eigenvalue weighted by molar-refractivity contribution is 5.86. The Hall–Kier alpha value is -2.55. The second-order valence-electron chi connectivity index (χ2n) is 6.47. The smallest absolute Gasteiger partial charge is 0.224 e. The highest BCUT2D eigenvalue weighted by Gasteiger charge is 2.26. The lowest BCUT2D eigenvalue weighted by Crippen LogP contribution is -2.36. The summed E-state index contributed by atoms with van der Waals surface area (Å²) in [6, 6.07) is 16.6. The molecule has 0 aliphatic heterocycles. The standard InChI is InChI=1S/C20H20N2O/c1-13-7-8-18-16(9-13)17-11-15(12-19(17)22-18)21-20(23)10-14-5-3-2-4-6-14/h2-9,15,22H,10-12H2,1H3,(H,21,23). The molecule has 2 N–H and O–H groups in total. The van der Waals surface area contributed by atoms with Gasteiger partial charge in [-0.25, -0.2) is 0 Å². The van der Waals surface area contributed by atoms with Crippen molar-refractivity contribution in [1.29, 1.82) is 0 Å². The van der Waals surface area contributed by atoms with E-state index >= 15 is 0 Å². The van der Waals surface area contributed by atoms with E-state index in [2.05, 4.69) is 35.4 Å². The van der Waals surface area contributed by atoms with Gasteiger partial charge in [-0.3, -0.25) is 4.79 Å². The van der Waals surface area contributed by atoms with E-state index in [1.54, 1.807) is 0 Å². The minimum absolute atomic E-state index is 0.104. The van der Waals surface area contributed by atoms with Crippen molar-refractivity contribution in [3.63, 3.8) is 0 Å². The monoisotopic (exact) mass is 304 g/mol. The third-order valence-electron chi connectivity index (χ3n) is 4.62. The van der Waals surface area contributed by atoms with E-state index in [0.29, 0.717) is 6.42 Å². The molecule has 3 heteroatoms. The first-order valence-electron chi connectivity index (χ1n) is 8.12. The molecular weight excluding hydrogens is 284 g/mol. The highest BCUT2D eigenvalue weighted by atomic mass is 16.1. The molecule has 1 heterocycles. The summed E-state index contributed by atoms with van der Waals surface area (Å²) in [6.45, 7) is 2.12. The second-order valence-corrected chi connectivity index (χ2v) is 6.47. The number of fused-ring (bicyclic) bond motifs is 3. The molecule has 0 saturated carbocycles. The van der Waals surface area contributed by atoms with Gasteiger partial charge in [0, 0.05) is 29.1 Å². The van der Waals surface area contributed by atoms with Gasteiger partial charge in [0.05, 0.1) is 6.42 Å². The second kappa shape index (κ2) is 5.58. The third-order valence-corrected chi connectivity index (χ3v) is 4.62. The molecule has 4 rings (SSSR count). The molecule has 1 amide bonds. The Morgan fingerprint density at radius 2 is 2.00 bits per heavy atom. The largest absolute Gasteiger partial charge is 0.358 e. The average Bonchev–Trinajstić information content (AvgIpc) is 3.05. The van der Waals surface area contributed by atoms with Gasteiger partial charge in [0.2, 0.25) is 5.91 Å². The zero-order chi connectivity index (χ0) is 15.8. The van der Waals surface area contributed by atoms with Crippen LogP contribution in [0.25, 0.3) is 10.9 Å². The number of aryl methyl sites for hydroxylation is 1. The van der Waals surface area contributed by atoms with Crippen LogP contribution in [0.4, 0.5) is 0 Å². The molecule has 0 saturated heterocycles.